The molecule has 0 unspecified atom stereocenters. The molecule has 5 nitrogen and oxygen atoms in total. The maximum Gasteiger partial charge on any atom is 0.325 e. The van der Waals surface area contributed by atoms with Crippen LogP contribution in [0.3, 0.4) is 0 Å². The van der Waals surface area contributed by atoms with Crippen molar-refractivity contribution in [3.05, 3.63) is 35.6 Å². The summed E-state index contributed by atoms with van der Waals surface area (Å²) in [6, 6.07) is 7.29. The second-order valence-corrected chi connectivity index (χ2v) is 5.25. The molecule has 1 amide bonds. The Hall–Kier alpha value is -2.30. The number of hydrogen-bond acceptors (Lipinski definition) is 4. The first-order chi connectivity index (χ1) is 9.92. The Morgan fingerprint density at radius 2 is 2.00 bits per heavy atom. The third-order valence-corrected chi connectivity index (χ3v) is 3.29. The summed E-state index contributed by atoms with van der Waals surface area (Å²) >= 11 is 0. The Bertz CT molecular complexity index is 672. The van der Waals surface area contributed by atoms with Gasteiger partial charge in [0.1, 0.15) is 12.1 Å². The van der Waals surface area contributed by atoms with Crippen molar-refractivity contribution in [2.45, 2.75) is 26.8 Å². The molecule has 0 aliphatic rings. The first-order valence-electron chi connectivity index (χ1n) is 6.80. The van der Waals surface area contributed by atoms with Gasteiger partial charge in [-0.1, -0.05) is 11.6 Å². The van der Waals surface area contributed by atoms with Crippen LogP contribution in [0.25, 0.3) is 11.0 Å². The number of aryl methyl sites for hydroxylation is 1. The minimum atomic E-state index is -0.455. The van der Waals surface area contributed by atoms with E-state index >= 15 is 0 Å². The first kappa shape index (κ1) is 15.1. The molecule has 0 atom stereocenters. The van der Waals surface area contributed by atoms with Gasteiger partial charge in [-0.3, -0.25) is 9.59 Å². The van der Waals surface area contributed by atoms with Crippen molar-refractivity contribution in [2.24, 2.45) is 0 Å². The van der Waals surface area contributed by atoms with Gasteiger partial charge < -0.3 is 14.1 Å². The van der Waals surface area contributed by atoms with E-state index in [4.69, 9.17) is 4.42 Å². The molecule has 0 N–H and O–H groups in total. The molecule has 2 aromatic rings. The minimum Gasteiger partial charge on any atom is -0.468 e. The van der Waals surface area contributed by atoms with Gasteiger partial charge in [-0.05, 0) is 39.0 Å². The number of benzene rings is 1. The summed E-state index contributed by atoms with van der Waals surface area (Å²) in [5, 5.41) is 0.875. The lowest BCUT2D eigenvalue weighted by atomic mass is 10.2. The Morgan fingerprint density at radius 1 is 1.29 bits per heavy atom. The van der Waals surface area contributed by atoms with Crippen LogP contribution in [0.2, 0.25) is 0 Å². The van der Waals surface area contributed by atoms with Crippen LogP contribution < -0.4 is 0 Å². The van der Waals surface area contributed by atoms with Gasteiger partial charge in [0, 0.05) is 11.4 Å². The minimum absolute atomic E-state index is 0.0942. The van der Waals surface area contributed by atoms with E-state index in [1.54, 1.807) is 6.07 Å². The highest BCUT2D eigenvalue weighted by molar-refractivity contribution is 5.97. The fraction of sp³-hybridized carbons (Fsp3) is 0.375. The van der Waals surface area contributed by atoms with E-state index in [1.165, 1.54) is 12.0 Å². The molecule has 21 heavy (non-hydrogen) atoms. The molecule has 0 aliphatic heterocycles. The molecule has 1 heterocycles. The monoisotopic (exact) mass is 289 g/mol. The number of carbonyl (C=O) groups excluding carboxylic acids is 2. The first-order valence-corrected chi connectivity index (χ1v) is 6.80. The highest BCUT2D eigenvalue weighted by Gasteiger charge is 2.24. The molecule has 1 aromatic heterocycles. The van der Waals surface area contributed by atoms with Crippen LogP contribution in [0.5, 0.6) is 0 Å². The number of esters is 1. The van der Waals surface area contributed by atoms with Crippen LogP contribution in [-0.4, -0.2) is 36.5 Å². The summed E-state index contributed by atoms with van der Waals surface area (Å²) in [4.78, 5) is 25.4. The number of furan rings is 1. The van der Waals surface area contributed by atoms with Crippen molar-refractivity contribution in [1.82, 2.24) is 4.90 Å². The van der Waals surface area contributed by atoms with E-state index < -0.39 is 5.97 Å². The van der Waals surface area contributed by atoms with Gasteiger partial charge in [-0.15, -0.1) is 0 Å². The van der Waals surface area contributed by atoms with Gasteiger partial charge in [0.25, 0.3) is 5.91 Å². The second-order valence-electron chi connectivity index (χ2n) is 5.25. The average Bonchev–Trinajstić information content (AvgIpc) is 2.86. The van der Waals surface area contributed by atoms with E-state index in [0.717, 1.165) is 10.9 Å². The highest BCUT2D eigenvalue weighted by atomic mass is 16.5. The molecule has 1 aromatic carbocycles. The molecular formula is C16H19NO4. The number of ether oxygens (including phenoxy) is 1. The van der Waals surface area contributed by atoms with Crippen molar-refractivity contribution in [3.63, 3.8) is 0 Å². The summed E-state index contributed by atoms with van der Waals surface area (Å²) in [6.07, 6.45) is 0. The Kier molecular flexibility index (Phi) is 4.31. The van der Waals surface area contributed by atoms with Gasteiger partial charge >= 0.3 is 5.97 Å². The molecule has 0 fully saturated rings. The number of fused-ring (bicyclic) bond motifs is 1. The molecule has 0 spiro atoms. The summed E-state index contributed by atoms with van der Waals surface area (Å²) < 4.78 is 10.2. The largest absolute Gasteiger partial charge is 0.468 e. The van der Waals surface area contributed by atoms with Crippen LogP contribution >= 0.6 is 0 Å². The zero-order chi connectivity index (χ0) is 15.6. The maximum atomic E-state index is 12.5. The topological polar surface area (TPSA) is 59.8 Å². The van der Waals surface area contributed by atoms with E-state index in [-0.39, 0.29) is 24.3 Å². The van der Waals surface area contributed by atoms with Crippen LogP contribution in [0, 0.1) is 6.92 Å². The summed E-state index contributed by atoms with van der Waals surface area (Å²) in [5.41, 5.74) is 1.75. The Balaban J connectivity index is 2.31. The normalized spacial score (nSPS) is 10.9. The Morgan fingerprint density at radius 3 is 2.62 bits per heavy atom. The summed E-state index contributed by atoms with van der Waals surface area (Å²) in [7, 11) is 1.30. The van der Waals surface area contributed by atoms with Crippen LogP contribution in [0.1, 0.15) is 30.0 Å². The van der Waals surface area contributed by atoms with E-state index in [0.29, 0.717) is 5.58 Å². The smallest absolute Gasteiger partial charge is 0.325 e. The number of rotatable bonds is 4. The quantitative estimate of drug-likeness (QED) is 0.812. The number of amides is 1. The average molecular weight is 289 g/mol. The zero-order valence-electron chi connectivity index (χ0n) is 12.7. The van der Waals surface area contributed by atoms with Gasteiger partial charge in [0.05, 0.1) is 7.11 Å². The predicted molar refractivity (Wildman–Crippen MR) is 79.1 cm³/mol. The predicted octanol–water partition coefficient (Wildman–Crippen LogP) is 2.76. The standard InChI is InChI=1S/C16H19NO4/c1-10(2)17(9-15(18)20-4)16(19)14-8-12-7-11(3)5-6-13(12)21-14/h5-8,10H,9H2,1-4H3. The number of hydrogen-bond donors (Lipinski definition) is 0. The lowest BCUT2D eigenvalue weighted by Crippen LogP contribution is -2.40. The van der Waals surface area contributed by atoms with Gasteiger partial charge in [0.2, 0.25) is 0 Å². The van der Waals surface area contributed by atoms with E-state index in [2.05, 4.69) is 4.74 Å². The molecule has 0 radical (unpaired) electrons. The summed E-state index contributed by atoms with van der Waals surface area (Å²) in [5.74, 6) is -0.540. The molecule has 0 bridgehead atoms. The third-order valence-electron chi connectivity index (χ3n) is 3.29. The lowest BCUT2D eigenvalue weighted by Gasteiger charge is -2.24. The van der Waals surface area contributed by atoms with Gasteiger partial charge in [0.15, 0.2) is 5.76 Å². The highest BCUT2D eigenvalue weighted by Crippen LogP contribution is 2.22. The summed E-state index contributed by atoms with van der Waals surface area (Å²) in [6.45, 7) is 5.57. The molecule has 0 saturated heterocycles. The number of nitrogens with zero attached hydrogens (tertiary/aromatic N) is 1. The molecule has 5 heteroatoms. The van der Waals surface area contributed by atoms with Gasteiger partial charge in [-0.25, -0.2) is 0 Å². The van der Waals surface area contributed by atoms with Crippen LogP contribution in [0.15, 0.2) is 28.7 Å². The van der Waals surface area contributed by atoms with Gasteiger partial charge in [-0.2, -0.15) is 0 Å². The molecule has 2 rings (SSSR count). The van der Waals surface area contributed by atoms with Crippen LogP contribution in [0.4, 0.5) is 0 Å². The molecule has 112 valence electrons. The zero-order valence-corrected chi connectivity index (χ0v) is 12.7. The fourth-order valence-electron chi connectivity index (χ4n) is 2.10. The van der Waals surface area contributed by atoms with Crippen molar-refractivity contribution < 1.29 is 18.7 Å². The van der Waals surface area contributed by atoms with Crippen molar-refractivity contribution >= 4 is 22.8 Å². The molecular weight excluding hydrogens is 270 g/mol. The molecule has 0 saturated carbocycles. The van der Waals surface area contributed by atoms with E-state index in [9.17, 15) is 9.59 Å². The SMILES string of the molecule is COC(=O)CN(C(=O)c1cc2cc(C)ccc2o1)C(C)C. The van der Waals surface area contributed by atoms with Crippen LogP contribution in [-0.2, 0) is 9.53 Å². The molecule has 0 aliphatic carbocycles. The van der Waals surface area contributed by atoms with E-state index in [1.807, 2.05) is 39.0 Å². The lowest BCUT2D eigenvalue weighted by molar-refractivity contribution is -0.141. The third kappa shape index (κ3) is 3.24. The number of methoxy groups -OCH3 is 1. The van der Waals surface area contributed by atoms with Crippen molar-refractivity contribution in [3.8, 4) is 0 Å². The van der Waals surface area contributed by atoms with Crippen molar-refractivity contribution in [1.29, 1.82) is 0 Å². The fourth-order valence-corrected chi connectivity index (χ4v) is 2.10. The Labute approximate surface area is 123 Å². The second kappa shape index (κ2) is 5.99. The number of carbonyl (C=O) groups is 2. The maximum absolute atomic E-state index is 12.5. The van der Waals surface area contributed by atoms with Crippen molar-refractivity contribution in [2.75, 3.05) is 13.7 Å².